The van der Waals surface area contributed by atoms with Crippen LogP contribution < -0.4 is 10.9 Å². The van der Waals surface area contributed by atoms with E-state index in [0.29, 0.717) is 11.5 Å². The summed E-state index contributed by atoms with van der Waals surface area (Å²) in [6.07, 6.45) is 0. The average molecular weight is 206 g/mol. The minimum atomic E-state index is -0.467. The molecule has 6 heteroatoms. The number of aromatic nitrogens is 1. The highest BCUT2D eigenvalue weighted by Gasteiger charge is 2.13. The van der Waals surface area contributed by atoms with Gasteiger partial charge in [-0.15, -0.1) is 0 Å². The molecule has 0 spiro atoms. The Labute approximate surface area is 86.3 Å². The third-order valence-corrected chi connectivity index (χ3v) is 1.92. The van der Waals surface area contributed by atoms with Crippen molar-refractivity contribution < 1.29 is 9.53 Å². The summed E-state index contributed by atoms with van der Waals surface area (Å²) >= 11 is 0. The lowest BCUT2D eigenvalue weighted by Crippen LogP contribution is -2.30. The monoisotopic (exact) mass is 206 g/mol. The van der Waals surface area contributed by atoms with E-state index >= 15 is 0 Å². The summed E-state index contributed by atoms with van der Waals surface area (Å²) in [5.41, 5.74) is 6.58. The molecule has 0 amide bonds. The molecule has 2 N–H and O–H groups in total. The number of pyridine rings is 1. The highest BCUT2D eigenvalue weighted by Crippen LogP contribution is 2.24. The number of esters is 1. The van der Waals surface area contributed by atoms with Crippen molar-refractivity contribution in [2.45, 2.75) is 6.92 Å². The molecule has 0 saturated heterocycles. The molecule has 0 saturated carbocycles. The summed E-state index contributed by atoms with van der Waals surface area (Å²) in [6.45, 7) is 1.82. The van der Waals surface area contributed by atoms with Crippen LogP contribution in [0.5, 0.6) is 0 Å². The molecule has 0 fully saturated rings. The second kappa shape index (κ2) is 3.56. The molecular formula is C9H10N4O2. The molecule has 1 aromatic rings. The number of hydrogen-bond acceptors (Lipinski definition) is 6. The lowest BCUT2D eigenvalue weighted by molar-refractivity contribution is 0.0594. The maximum atomic E-state index is 11.2. The molecule has 1 aliphatic heterocycles. The van der Waals surface area contributed by atoms with Crippen LogP contribution in [0, 0.1) is 0 Å². The van der Waals surface area contributed by atoms with Gasteiger partial charge in [0, 0.05) is 0 Å². The molecular weight excluding hydrogens is 196 g/mol. The van der Waals surface area contributed by atoms with Crippen molar-refractivity contribution in [3.63, 3.8) is 0 Å². The van der Waals surface area contributed by atoms with Gasteiger partial charge in [-0.3, -0.25) is 10.9 Å². The van der Waals surface area contributed by atoms with Crippen molar-refractivity contribution in [1.29, 1.82) is 0 Å². The number of methoxy groups -OCH3 is 1. The number of fused-ring (bicyclic) bond motifs is 1. The van der Waals surface area contributed by atoms with Crippen LogP contribution in [-0.2, 0) is 4.74 Å². The average Bonchev–Trinajstić information content (AvgIpc) is 2.27. The van der Waals surface area contributed by atoms with E-state index < -0.39 is 5.97 Å². The molecule has 0 aliphatic carbocycles. The fourth-order valence-corrected chi connectivity index (χ4v) is 1.21. The zero-order valence-corrected chi connectivity index (χ0v) is 8.37. The summed E-state index contributed by atoms with van der Waals surface area (Å²) in [5.74, 6) is 0.796. The largest absolute Gasteiger partial charge is 0.464 e. The fourth-order valence-electron chi connectivity index (χ4n) is 1.21. The molecule has 15 heavy (non-hydrogen) atoms. The van der Waals surface area contributed by atoms with Gasteiger partial charge in [0.25, 0.3) is 0 Å². The third kappa shape index (κ3) is 1.74. The van der Waals surface area contributed by atoms with Crippen molar-refractivity contribution in [2.75, 3.05) is 12.5 Å². The van der Waals surface area contributed by atoms with Gasteiger partial charge in [0.2, 0.25) is 0 Å². The summed E-state index contributed by atoms with van der Waals surface area (Å²) < 4.78 is 4.56. The number of anilines is 1. The normalized spacial score (nSPS) is 13.1. The van der Waals surface area contributed by atoms with Gasteiger partial charge in [0.15, 0.2) is 11.5 Å². The Balaban J connectivity index is 2.40. The Morgan fingerprint density at radius 3 is 2.93 bits per heavy atom. The smallest absolute Gasteiger partial charge is 0.356 e. The van der Waals surface area contributed by atoms with Crippen molar-refractivity contribution >= 4 is 23.3 Å². The Morgan fingerprint density at radius 2 is 2.20 bits per heavy atom. The predicted octanol–water partition coefficient (Wildman–Crippen LogP) is 0.848. The number of nitrogens with one attached hydrogen (secondary N) is 2. The maximum Gasteiger partial charge on any atom is 0.356 e. The molecule has 1 aromatic heterocycles. The molecule has 6 nitrogen and oxygen atoms in total. The first-order valence-corrected chi connectivity index (χ1v) is 4.37. The van der Waals surface area contributed by atoms with E-state index in [1.165, 1.54) is 7.11 Å². The molecule has 0 bridgehead atoms. The Hall–Kier alpha value is -2.11. The van der Waals surface area contributed by atoms with E-state index in [1.54, 1.807) is 12.1 Å². The topological polar surface area (TPSA) is 75.6 Å². The van der Waals surface area contributed by atoms with Crippen LogP contribution in [-0.4, -0.2) is 23.9 Å². The Bertz CT molecular complexity index is 442. The number of nitrogens with zero attached hydrogens (tertiary/aromatic N) is 2. The lowest BCUT2D eigenvalue weighted by atomic mass is 10.3. The van der Waals surface area contributed by atoms with Gasteiger partial charge < -0.3 is 4.74 Å². The number of ether oxygens (including phenoxy) is 1. The second-order valence-electron chi connectivity index (χ2n) is 3.00. The first kappa shape index (κ1) is 9.45. The summed E-state index contributed by atoms with van der Waals surface area (Å²) in [7, 11) is 1.32. The number of aliphatic imine (C=N–C) groups is 1. The standard InChI is InChI=1S/C9H10N4O2/c1-5-10-6-3-4-7(9(14)15-2)11-8(6)13-12-5/h3-4H,1-2H3,(H,10,12)(H,11,13). The highest BCUT2D eigenvalue weighted by molar-refractivity contribution is 5.91. The van der Waals surface area contributed by atoms with Crippen LogP contribution in [0.2, 0.25) is 0 Å². The first-order chi connectivity index (χ1) is 7.20. The zero-order valence-electron chi connectivity index (χ0n) is 8.37. The molecule has 1 aliphatic rings. The second-order valence-corrected chi connectivity index (χ2v) is 3.00. The summed E-state index contributed by atoms with van der Waals surface area (Å²) in [4.78, 5) is 19.5. The Kier molecular flexibility index (Phi) is 2.24. The minimum absolute atomic E-state index is 0.250. The highest BCUT2D eigenvalue weighted by atomic mass is 16.5. The lowest BCUT2D eigenvalue weighted by Gasteiger charge is -2.16. The van der Waals surface area contributed by atoms with Crippen LogP contribution in [0.3, 0.4) is 0 Å². The van der Waals surface area contributed by atoms with Gasteiger partial charge in [0.05, 0.1) is 7.11 Å². The number of hydrazine groups is 1. The first-order valence-electron chi connectivity index (χ1n) is 4.37. The number of rotatable bonds is 1. The van der Waals surface area contributed by atoms with E-state index in [4.69, 9.17) is 0 Å². The number of carbonyl (C=O) groups excluding carboxylic acids is 1. The van der Waals surface area contributed by atoms with Crippen LogP contribution in [0.4, 0.5) is 11.5 Å². The summed E-state index contributed by atoms with van der Waals surface area (Å²) in [6, 6.07) is 3.29. The van der Waals surface area contributed by atoms with Crippen LogP contribution >= 0.6 is 0 Å². The SMILES string of the molecule is COC(=O)c1ccc2c(n1)NNC(C)=N2. The van der Waals surface area contributed by atoms with E-state index in [0.717, 1.165) is 5.84 Å². The van der Waals surface area contributed by atoms with Gasteiger partial charge in [0.1, 0.15) is 11.5 Å². The molecule has 0 aromatic carbocycles. The van der Waals surface area contributed by atoms with E-state index in [-0.39, 0.29) is 5.69 Å². The van der Waals surface area contributed by atoms with E-state index in [1.807, 2.05) is 6.92 Å². The third-order valence-electron chi connectivity index (χ3n) is 1.92. The van der Waals surface area contributed by atoms with Crippen LogP contribution in [0.25, 0.3) is 0 Å². The fraction of sp³-hybridized carbons (Fsp3) is 0.222. The molecule has 2 rings (SSSR count). The van der Waals surface area contributed by atoms with Crippen molar-refractivity contribution in [3.8, 4) is 0 Å². The molecule has 2 heterocycles. The van der Waals surface area contributed by atoms with Gasteiger partial charge in [-0.2, -0.15) is 0 Å². The molecule has 0 radical (unpaired) electrons. The minimum Gasteiger partial charge on any atom is -0.464 e. The van der Waals surface area contributed by atoms with Gasteiger partial charge >= 0.3 is 5.97 Å². The number of amidine groups is 1. The predicted molar refractivity (Wildman–Crippen MR) is 55.1 cm³/mol. The number of hydrogen-bond donors (Lipinski definition) is 2. The van der Waals surface area contributed by atoms with Crippen LogP contribution in [0.1, 0.15) is 17.4 Å². The molecule has 78 valence electrons. The van der Waals surface area contributed by atoms with Gasteiger partial charge in [-0.25, -0.2) is 14.8 Å². The number of carbonyl (C=O) groups is 1. The van der Waals surface area contributed by atoms with E-state index in [9.17, 15) is 4.79 Å². The quantitative estimate of drug-likeness (QED) is 0.666. The van der Waals surface area contributed by atoms with E-state index in [2.05, 4.69) is 25.6 Å². The van der Waals surface area contributed by atoms with Crippen LogP contribution in [0.15, 0.2) is 17.1 Å². The van der Waals surface area contributed by atoms with Gasteiger partial charge in [-0.05, 0) is 19.1 Å². The zero-order chi connectivity index (χ0) is 10.8. The maximum absolute atomic E-state index is 11.2. The Morgan fingerprint density at radius 1 is 1.40 bits per heavy atom. The summed E-state index contributed by atoms with van der Waals surface area (Å²) in [5, 5.41) is 0. The molecule has 0 unspecified atom stereocenters. The van der Waals surface area contributed by atoms with Crippen molar-refractivity contribution in [1.82, 2.24) is 10.4 Å². The van der Waals surface area contributed by atoms with Crippen molar-refractivity contribution in [2.24, 2.45) is 4.99 Å². The van der Waals surface area contributed by atoms with Crippen molar-refractivity contribution in [3.05, 3.63) is 17.8 Å². The molecule has 0 atom stereocenters. The van der Waals surface area contributed by atoms with Gasteiger partial charge in [-0.1, -0.05) is 0 Å².